The van der Waals surface area contributed by atoms with Crippen LogP contribution in [0.4, 0.5) is 0 Å². The lowest BCUT2D eigenvalue weighted by Gasteiger charge is -2.35. The molecule has 10 heteroatoms. The number of esters is 1. The second-order valence-corrected chi connectivity index (χ2v) is 5.84. The van der Waals surface area contributed by atoms with Gasteiger partial charge in [-0.1, -0.05) is 0 Å². The van der Waals surface area contributed by atoms with Gasteiger partial charge in [0.25, 0.3) is 0 Å². The molecule has 6 atom stereocenters. The SMILES string of the molecule is CC(=O)OC1COC(OC2COC(OC3COC(C)CO3)CO2)CO1. The highest BCUT2D eigenvalue weighted by atomic mass is 16.8. The highest BCUT2D eigenvalue weighted by Gasteiger charge is 2.32. The number of rotatable bonds is 5. The van der Waals surface area contributed by atoms with E-state index < -0.39 is 37.4 Å². The molecule has 3 rings (SSSR count). The molecule has 0 aliphatic carbocycles. The molecule has 144 valence electrons. The molecule has 0 saturated carbocycles. The summed E-state index contributed by atoms with van der Waals surface area (Å²) in [7, 11) is 0. The fourth-order valence-electron chi connectivity index (χ4n) is 2.42. The first-order chi connectivity index (χ1) is 12.1. The lowest BCUT2D eigenvalue weighted by Crippen LogP contribution is -2.47. The molecular formula is C15H24O10. The van der Waals surface area contributed by atoms with Crippen LogP contribution < -0.4 is 0 Å². The first-order valence-electron chi connectivity index (χ1n) is 8.26. The van der Waals surface area contributed by atoms with Gasteiger partial charge in [0.2, 0.25) is 6.29 Å². The Labute approximate surface area is 145 Å². The fraction of sp³-hybridized carbons (Fsp3) is 0.933. The summed E-state index contributed by atoms with van der Waals surface area (Å²) >= 11 is 0. The van der Waals surface area contributed by atoms with Gasteiger partial charge < -0.3 is 42.6 Å². The molecule has 10 nitrogen and oxygen atoms in total. The van der Waals surface area contributed by atoms with E-state index in [0.29, 0.717) is 13.2 Å². The van der Waals surface area contributed by atoms with E-state index in [1.165, 1.54) is 6.92 Å². The zero-order valence-electron chi connectivity index (χ0n) is 14.3. The van der Waals surface area contributed by atoms with Gasteiger partial charge >= 0.3 is 5.97 Å². The minimum absolute atomic E-state index is 0.0688. The van der Waals surface area contributed by atoms with Crippen LogP contribution in [0.15, 0.2) is 0 Å². The van der Waals surface area contributed by atoms with Crippen molar-refractivity contribution in [1.82, 2.24) is 0 Å². The first kappa shape index (κ1) is 18.9. The number of ether oxygens (including phenoxy) is 9. The number of hydrogen-bond acceptors (Lipinski definition) is 10. The van der Waals surface area contributed by atoms with Crippen molar-refractivity contribution in [2.75, 3.05) is 39.6 Å². The Hall–Kier alpha value is -0.850. The zero-order chi connectivity index (χ0) is 17.6. The molecule has 3 heterocycles. The maximum atomic E-state index is 10.8. The average Bonchev–Trinajstić information content (AvgIpc) is 2.60. The summed E-state index contributed by atoms with van der Waals surface area (Å²) in [5.41, 5.74) is 0. The summed E-state index contributed by atoms with van der Waals surface area (Å²) in [5.74, 6) is -0.426. The molecule has 3 saturated heterocycles. The summed E-state index contributed by atoms with van der Waals surface area (Å²) in [5, 5.41) is 0. The Kier molecular flexibility index (Phi) is 6.96. The van der Waals surface area contributed by atoms with Crippen LogP contribution in [0.3, 0.4) is 0 Å². The second kappa shape index (κ2) is 9.19. The molecule has 3 fully saturated rings. The van der Waals surface area contributed by atoms with Crippen LogP contribution in [0.1, 0.15) is 13.8 Å². The smallest absolute Gasteiger partial charge is 0.305 e. The van der Waals surface area contributed by atoms with Crippen LogP contribution in [0.25, 0.3) is 0 Å². The van der Waals surface area contributed by atoms with Gasteiger partial charge in [-0.15, -0.1) is 0 Å². The van der Waals surface area contributed by atoms with Crippen LogP contribution in [0.2, 0.25) is 0 Å². The van der Waals surface area contributed by atoms with Crippen LogP contribution >= 0.6 is 0 Å². The average molecular weight is 364 g/mol. The van der Waals surface area contributed by atoms with Gasteiger partial charge in [-0.25, -0.2) is 0 Å². The summed E-state index contributed by atoms with van der Waals surface area (Å²) in [6.45, 7) is 4.69. The Morgan fingerprint density at radius 1 is 0.680 bits per heavy atom. The van der Waals surface area contributed by atoms with E-state index in [9.17, 15) is 4.79 Å². The van der Waals surface area contributed by atoms with Crippen LogP contribution in [-0.4, -0.2) is 83.2 Å². The zero-order valence-corrected chi connectivity index (χ0v) is 14.3. The third kappa shape index (κ3) is 6.12. The molecule has 0 spiro atoms. The highest BCUT2D eigenvalue weighted by Crippen LogP contribution is 2.18. The van der Waals surface area contributed by atoms with Crippen LogP contribution in [0.5, 0.6) is 0 Å². The molecule has 0 bridgehead atoms. The quantitative estimate of drug-likeness (QED) is 0.607. The number of hydrogen-bond donors (Lipinski definition) is 0. The summed E-state index contributed by atoms with van der Waals surface area (Å²) in [6.07, 6.45) is -2.86. The molecule has 3 aliphatic heterocycles. The van der Waals surface area contributed by atoms with Gasteiger partial charge in [0.05, 0.1) is 19.3 Å². The van der Waals surface area contributed by atoms with Gasteiger partial charge in [-0.3, -0.25) is 4.79 Å². The number of carbonyl (C=O) groups excluding carboxylic acids is 1. The van der Waals surface area contributed by atoms with Crippen molar-refractivity contribution in [3.8, 4) is 0 Å². The standard InChI is InChI=1S/C15H24O10/c1-9-3-18-12(4-17-9)24-14-7-22-15(8-21-14)25-13-6-19-11(5-20-13)23-10(2)16/h9,11-15H,3-8H2,1-2H3. The van der Waals surface area contributed by atoms with Crippen molar-refractivity contribution >= 4 is 5.97 Å². The Balaban J connectivity index is 1.30. The third-order valence-electron chi connectivity index (χ3n) is 3.61. The molecule has 0 N–H and O–H groups in total. The molecule has 0 radical (unpaired) electrons. The van der Waals surface area contributed by atoms with E-state index in [1.807, 2.05) is 6.92 Å². The Morgan fingerprint density at radius 3 is 1.44 bits per heavy atom. The van der Waals surface area contributed by atoms with E-state index in [1.54, 1.807) is 0 Å². The second-order valence-electron chi connectivity index (χ2n) is 5.84. The van der Waals surface area contributed by atoms with E-state index in [2.05, 4.69) is 0 Å². The van der Waals surface area contributed by atoms with Crippen molar-refractivity contribution in [1.29, 1.82) is 0 Å². The molecule has 0 aromatic carbocycles. The summed E-state index contributed by atoms with van der Waals surface area (Å²) in [4.78, 5) is 10.8. The lowest BCUT2D eigenvalue weighted by atomic mass is 10.4. The van der Waals surface area contributed by atoms with Gasteiger partial charge in [0.15, 0.2) is 25.2 Å². The predicted octanol–water partition coefficient (Wildman–Crippen LogP) is -0.258. The molecule has 25 heavy (non-hydrogen) atoms. The molecule has 3 aliphatic rings. The minimum Gasteiger partial charge on any atom is -0.433 e. The summed E-state index contributed by atoms with van der Waals surface area (Å²) in [6, 6.07) is 0. The lowest BCUT2D eigenvalue weighted by molar-refractivity contribution is -0.369. The van der Waals surface area contributed by atoms with E-state index >= 15 is 0 Å². The molecular weight excluding hydrogens is 340 g/mol. The molecule has 0 aromatic heterocycles. The van der Waals surface area contributed by atoms with E-state index in [4.69, 9.17) is 42.6 Å². The van der Waals surface area contributed by atoms with E-state index in [-0.39, 0.29) is 32.5 Å². The fourth-order valence-corrected chi connectivity index (χ4v) is 2.42. The predicted molar refractivity (Wildman–Crippen MR) is 78.1 cm³/mol. The van der Waals surface area contributed by atoms with Gasteiger partial charge in [0.1, 0.15) is 26.4 Å². The van der Waals surface area contributed by atoms with Gasteiger partial charge in [-0.2, -0.15) is 0 Å². The third-order valence-corrected chi connectivity index (χ3v) is 3.61. The molecule has 0 amide bonds. The topological polar surface area (TPSA) is 100 Å². The van der Waals surface area contributed by atoms with Crippen molar-refractivity contribution < 1.29 is 47.4 Å². The molecule has 0 aromatic rings. The Morgan fingerprint density at radius 2 is 1.08 bits per heavy atom. The van der Waals surface area contributed by atoms with Crippen LogP contribution in [-0.2, 0) is 47.4 Å². The minimum atomic E-state index is -0.709. The Bertz CT molecular complexity index is 409. The highest BCUT2D eigenvalue weighted by molar-refractivity contribution is 5.66. The maximum absolute atomic E-state index is 10.8. The van der Waals surface area contributed by atoms with Crippen molar-refractivity contribution in [2.45, 2.75) is 51.4 Å². The summed E-state index contributed by atoms with van der Waals surface area (Å²) < 4.78 is 48.9. The van der Waals surface area contributed by atoms with Crippen LogP contribution in [0, 0.1) is 0 Å². The number of carbonyl (C=O) groups is 1. The monoisotopic (exact) mass is 364 g/mol. The van der Waals surface area contributed by atoms with Gasteiger partial charge in [0, 0.05) is 6.92 Å². The van der Waals surface area contributed by atoms with Crippen molar-refractivity contribution in [3.05, 3.63) is 0 Å². The first-order valence-corrected chi connectivity index (χ1v) is 8.26. The maximum Gasteiger partial charge on any atom is 0.305 e. The normalized spacial score (nSPS) is 39.8. The molecule has 6 unspecified atom stereocenters. The van der Waals surface area contributed by atoms with E-state index in [0.717, 1.165) is 0 Å². The largest absolute Gasteiger partial charge is 0.433 e. The van der Waals surface area contributed by atoms with Crippen molar-refractivity contribution in [2.24, 2.45) is 0 Å². The van der Waals surface area contributed by atoms with Crippen molar-refractivity contribution in [3.63, 3.8) is 0 Å². The van der Waals surface area contributed by atoms with Gasteiger partial charge in [-0.05, 0) is 6.92 Å².